The maximum atomic E-state index is 10.9. The van der Waals surface area contributed by atoms with Crippen LogP contribution >= 0.6 is 0 Å². The molecule has 0 aromatic heterocycles. The molecule has 0 N–H and O–H groups in total. The van der Waals surface area contributed by atoms with Crippen molar-refractivity contribution in [3.05, 3.63) is 36.5 Å². The first-order chi connectivity index (χ1) is 10.3. The van der Waals surface area contributed by atoms with Gasteiger partial charge < -0.3 is 4.74 Å². The zero-order valence-corrected chi connectivity index (χ0v) is 13.9. The number of rotatable bonds is 13. The predicted molar refractivity (Wildman–Crippen MR) is 91.3 cm³/mol. The van der Waals surface area contributed by atoms with Crippen LogP contribution in [0, 0.1) is 0 Å². The summed E-state index contributed by atoms with van der Waals surface area (Å²) in [5.74, 6) is -0.105. The van der Waals surface area contributed by atoms with E-state index in [0.29, 0.717) is 6.42 Å². The zero-order valence-electron chi connectivity index (χ0n) is 13.9. The van der Waals surface area contributed by atoms with Gasteiger partial charge in [0, 0.05) is 6.42 Å². The van der Waals surface area contributed by atoms with Gasteiger partial charge in [-0.25, -0.2) is 0 Å². The number of ether oxygens (including phenoxy) is 1. The van der Waals surface area contributed by atoms with Gasteiger partial charge >= 0.3 is 5.97 Å². The molecule has 0 bridgehead atoms. The van der Waals surface area contributed by atoms with Gasteiger partial charge in [0.2, 0.25) is 0 Å². The maximum Gasteiger partial charge on any atom is 0.305 e. The fraction of sp³-hybridized carbons (Fsp3) is 0.632. The molecule has 0 unspecified atom stereocenters. The molecule has 0 rings (SSSR count). The van der Waals surface area contributed by atoms with Crippen LogP contribution in [-0.4, -0.2) is 13.1 Å². The smallest absolute Gasteiger partial charge is 0.305 e. The van der Waals surface area contributed by atoms with Crippen molar-refractivity contribution in [2.45, 2.75) is 71.1 Å². The normalized spacial score (nSPS) is 11.9. The number of carbonyl (C=O) groups is 1. The summed E-state index contributed by atoms with van der Waals surface area (Å²) < 4.78 is 4.60. The molecule has 0 aliphatic carbocycles. The van der Waals surface area contributed by atoms with Gasteiger partial charge in [-0.2, -0.15) is 0 Å². The summed E-state index contributed by atoms with van der Waals surface area (Å²) in [5.41, 5.74) is 0. The molecule has 0 saturated heterocycles. The highest BCUT2D eigenvalue weighted by molar-refractivity contribution is 5.68. The van der Waals surface area contributed by atoms with Crippen molar-refractivity contribution in [3.8, 4) is 0 Å². The van der Waals surface area contributed by atoms with Crippen LogP contribution in [0.4, 0.5) is 0 Å². The van der Waals surface area contributed by atoms with Gasteiger partial charge in [0.15, 0.2) is 0 Å². The number of carbonyl (C=O) groups excluding carboxylic acids is 1. The lowest BCUT2D eigenvalue weighted by Gasteiger charge is -1.96. The van der Waals surface area contributed by atoms with E-state index in [2.05, 4.69) is 48.1 Å². The molecular weight excluding hydrogens is 260 g/mol. The second kappa shape index (κ2) is 16.7. The van der Waals surface area contributed by atoms with Crippen LogP contribution < -0.4 is 0 Å². The minimum Gasteiger partial charge on any atom is -0.469 e. The van der Waals surface area contributed by atoms with Crippen molar-refractivity contribution in [3.63, 3.8) is 0 Å². The Balaban J connectivity index is 3.33. The van der Waals surface area contributed by atoms with Crippen LogP contribution in [-0.2, 0) is 9.53 Å². The molecule has 2 heteroatoms. The van der Waals surface area contributed by atoms with Gasteiger partial charge in [-0.05, 0) is 44.9 Å². The molecule has 2 nitrogen and oxygen atoms in total. The fourth-order valence-electron chi connectivity index (χ4n) is 1.92. The van der Waals surface area contributed by atoms with Gasteiger partial charge in [0.05, 0.1) is 7.11 Å². The standard InChI is InChI=1S/C19H32O2/c1-3-4-5-6-7-8-9-10-11-12-13-14-15-16-17-18-19(20)21-2/h7-10,13-14H,3-6,11-12,15-18H2,1-2H3/b8-7-,10-9+,14-13-. The minimum atomic E-state index is -0.105. The topological polar surface area (TPSA) is 26.3 Å². The Morgan fingerprint density at radius 3 is 2.10 bits per heavy atom. The van der Waals surface area contributed by atoms with Crippen molar-refractivity contribution in [1.82, 2.24) is 0 Å². The van der Waals surface area contributed by atoms with Crippen LogP contribution in [0.2, 0.25) is 0 Å². The number of esters is 1. The molecule has 0 radical (unpaired) electrons. The van der Waals surface area contributed by atoms with E-state index in [0.717, 1.165) is 32.1 Å². The van der Waals surface area contributed by atoms with Crippen molar-refractivity contribution in [2.75, 3.05) is 7.11 Å². The summed E-state index contributed by atoms with van der Waals surface area (Å²) in [4.78, 5) is 10.9. The van der Waals surface area contributed by atoms with Gasteiger partial charge in [-0.3, -0.25) is 4.79 Å². The highest BCUT2D eigenvalue weighted by atomic mass is 16.5. The SMILES string of the molecule is CCCCC/C=C\C=C\CC/C=C\CCCCC(=O)OC. The fourth-order valence-corrected chi connectivity index (χ4v) is 1.92. The second-order valence-electron chi connectivity index (χ2n) is 5.22. The monoisotopic (exact) mass is 292 g/mol. The molecular formula is C19H32O2. The van der Waals surface area contributed by atoms with Gasteiger partial charge in [0.25, 0.3) is 0 Å². The highest BCUT2D eigenvalue weighted by Crippen LogP contribution is 2.03. The molecule has 0 aliphatic rings. The van der Waals surface area contributed by atoms with Gasteiger partial charge in [0.1, 0.15) is 0 Å². The summed E-state index contributed by atoms with van der Waals surface area (Å²) in [6.45, 7) is 2.23. The first-order valence-electron chi connectivity index (χ1n) is 8.34. The van der Waals surface area contributed by atoms with Gasteiger partial charge in [-0.15, -0.1) is 0 Å². The molecule has 0 spiro atoms. The molecule has 0 aliphatic heterocycles. The second-order valence-corrected chi connectivity index (χ2v) is 5.22. The Kier molecular flexibility index (Phi) is 15.7. The Hall–Kier alpha value is -1.31. The molecule has 0 aromatic rings. The van der Waals surface area contributed by atoms with Crippen molar-refractivity contribution >= 4 is 5.97 Å². The summed E-state index contributed by atoms with van der Waals surface area (Å²) in [6.07, 6.45) is 24.1. The maximum absolute atomic E-state index is 10.9. The van der Waals surface area contributed by atoms with Crippen LogP contribution in [0.1, 0.15) is 71.1 Å². The summed E-state index contributed by atoms with van der Waals surface area (Å²) in [7, 11) is 1.44. The Labute approximate surface area is 131 Å². The molecule has 0 fully saturated rings. The number of allylic oxidation sites excluding steroid dienone is 6. The third kappa shape index (κ3) is 16.6. The predicted octanol–water partition coefficient (Wildman–Crippen LogP) is 5.75. The molecule has 0 aromatic carbocycles. The van der Waals surface area contributed by atoms with E-state index < -0.39 is 0 Å². The lowest BCUT2D eigenvalue weighted by molar-refractivity contribution is -0.140. The van der Waals surface area contributed by atoms with Crippen LogP contribution in [0.15, 0.2) is 36.5 Å². The van der Waals surface area contributed by atoms with Crippen LogP contribution in [0.5, 0.6) is 0 Å². The Morgan fingerprint density at radius 1 is 0.810 bits per heavy atom. The zero-order chi connectivity index (χ0) is 15.6. The molecule has 0 saturated carbocycles. The number of methoxy groups -OCH3 is 1. The first-order valence-corrected chi connectivity index (χ1v) is 8.34. The highest BCUT2D eigenvalue weighted by Gasteiger charge is 1.97. The molecule has 0 atom stereocenters. The average Bonchev–Trinajstić information content (AvgIpc) is 2.50. The van der Waals surface area contributed by atoms with E-state index in [1.807, 2.05) is 0 Å². The summed E-state index contributed by atoms with van der Waals surface area (Å²) in [6, 6.07) is 0. The quantitative estimate of drug-likeness (QED) is 0.187. The van der Waals surface area contributed by atoms with E-state index in [-0.39, 0.29) is 5.97 Å². The van der Waals surface area contributed by atoms with E-state index in [9.17, 15) is 4.79 Å². The van der Waals surface area contributed by atoms with E-state index >= 15 is 0 Å². The average molecular weight is 292 g/mol. The van der Waals surface area contributed by atoms with E-state index in [1.54, 1.807) is 0 Å². The van der Waals surface area contributed by atoms with Crippen molar-refractivity contribution in [2.24, 2.45) is 0 Å². The summed E-state index contributed by atoms with van der Waals surface area (Å²) in [5, 5.41) is 0. The van der Waals surface area contributed by atoms with E-state index in [1.165, 1.54) is 32.8 Å². The minimum absolute atomic E-state index is 0.105. The first kappa shape index (κ1) is 19.7. The third-order valence-electron chi connectivity index (χ3n) is 3.25. The lowest BCUT2D eigenvalue weighted by Crippen LogP contribution is -1.98. The number of hydrogen-bond donors (Lipinski definition) is 0. The largest absolute Gasteiger partial charge is 0.469 e. The Bertz CT molecular complexity index is 314. The molecule has 0 heterocycles. The van der Waals surface area contributed by atoms with Crippen molar-refractivity contribution in [1.29, 1.82) is 0 Å². The van der Waals surface area contributed by atoms with Crippen LogP contribution in [0.25, 0.3) is 0 Å². The van der Waals surface area contributed by atoms with Crippen molar-refractivity contribution < 1.29 is 9.53 Å². The molecule has 21 heavy (non-hydrogen) atoms. The number of hydrogen-bond acceptors (Lipinski definition) is 2. The van der Waals surface area contributed by atoms with E-state index in [4.69, 9.17) is 0 Å². The van der Waals surface area contributed by atoms with Gasteiger partial charge in [-0.1, -0.05) is 56.2 Å². The third-order valence-corrected chi connectivity index (χ3v) is 3.25. The summed E-state index contributed by atoms with van der Waals surface area (Å²) >= 11 is 0. The number of unbranched alkanes of at least 4 members (excludes halogenated alkanes) is 6. The van der Waals surface area contributed by atoms with Crippen LogP contribution in [0.3, 0.4) is 0 Å². The Morgan fingerprint density at radius 2 is 1.38 bits per heavy atom. The molecule has 120 valence electrons. The lowest BCUT2D eigenvalue weighted by atomic mass is 10.1. The molecule has 0 amide bonds.